The minimum Gasteiger partial charge on any atom is -0.505 e. The molecule has 2 rings (SSSR count). The number of phenols is 1. The molecule has 0 spiro atoms. The SMILES string of the molecule is CCc1cc2cc(S(=O)(=O)O)c(N=N)c(O)c2c(N)c1N=NC. The van der Waals surface area contributed by atoms with Crippen molar-refractivity contribution in [2.45, 2.75) is 18.2 Å². The van der Waals surface area contributed by atoms with Crippen LogP contribution in [0.2, 0.25) is 0 Å². The molecule has 0 bridgehead atoms. The second-order valence-corrected chi connectivity index (χ2v) is 6.10. The van der Waals surface area contributed by atoms with Crippen LogP contribution in [0, 0.1) is 5.53 Å². The first-order valence-corrected chi connectivity index (χ1v) is 7.96. The molecule has 0 amide bonds. The van der Waals surface area contributed by atoms with E-state index in [0.717, 1.165) is 6.07 Å². The molecule has 0 unspecified atom stereocenters. The molecule has 122 valence electrons. The number of hydrogen-bond acceptors (Lipinski definition) is 8. The van der Waals surface area contributed by atoms with Gasteiger partial charge in [-0.25, -0.2) is 5.53 Å². The molecule has 2 aromatic rings. The van der Waals surface area contributed by atoms with Crippen molar-refractivity contribution >= 4 is 38.0 Å². The van der Waals surface area contributed by atoms with E-state index < -0.39 is 26.5 Å². The molecule has 0 fully saturated rings. The summed E-state index contributed by atoms with van der Waals surface area (Å²) in [6.07, 6.45) is 0.543. The highest BCUT2D eigenvalue weighted by Gasteiger charge is 2.24. The summed E-state index contributed by atoms with van der Waals surface area (Å²) in [5, 5.41) is 21.3. The van der Waals surface area contributed by atoms with Crippen LogP contribution in [0.4, 0.5) is 17.1 Å². The van der Waals surface area contributed by atoms with E-state index in [0.29, 0.717) is 17.7 Å². The van der Waals surface area contributed by atoms with Crippen molar-refractivity contribution in [1.29, 1.82) is 5.53 Å². The van der Waals surface area contributed by atoms with Crippen molar-refractivity contribution in [2.75, 3.05) is 12.8 Å². The fraction of sp³-hybridized carbons (Fsp3) is 0.231. The molecule has 0 saturated carbocycles. The quantitative estimate of drug-likeness (QED) is 0.381. The third kappa shape index (κ3) is 2.73. The van der Waals surface area contributed by atoms with E-state index in [1.54, 1.807) is 6.07 Å². The Balaban J connectivity index is 3.08. The standard InChI is InChI=1S/C13H15N5O4S/c1-3-6-4-7-5-8(23(20,21)22)12(17-15)13(19)9(7)10(14)11(6)18-16-2/h4-5,15,19H,3,14H2,1-2H3,(H,20,21,22). The molecular formula is C13H15N5O4S. The molecule has 0 saturated heterocycles. The molecular weight excluding hydrogens is 322 g/mol. The molecule has 2 aromatic carbocycles. The van der Waals surface area contributed by atoms with Crippen molar-refractivity contribution in [3.63, 3.8) is 0 Å². The molecule has 10 heteroatoms. The summed E-state index contributed by atoms with van der Waals surface area (Å²) in [4.78, 5) is -0.663. The molecule has 23 heavy (non-hydrogen) atoms. The molecule has 0 heterocycles. The van der Waals surface area contributed by atoms with E-state index in [1.807, 2.05) is 6.92 Å². The van der Waals surface area contributed by atoms with Crippen molar-refractivity contribution in [2.24, 2.45) is 15.3 Å². The van der Waals surface area contributed by atoms with Gasteiger partial charge >= 0.3 is 0 Å². The number of azo groups is 1. The zero-order chi connectivity index (χ0) is 17.4. The monoisotopic (exact) mass is 337 g/mol. The number of nitrogen functional groups attached to an aromatic ring is 1. The summed E-state index contributed by atoms with van der Waals surface area (Å²) in [5.41, 5.74) is 13.7. The molecule has 0 aliphatic rings. The van der Waals surface area contributed by atoms with E-state index in [4.69, 9.17) is 11.3 Å². The average Bonchev–Trinajstić information content (AvgIpc) is 2.48. The van der Waals surface area contributed by atoms with E-state index in [1.165, 1.54) is 7.05 Å². The minimum absolute atomic E-state index is 0.0919. The summed E-state index contributed by atoms with van der Waals surface area (Å²) < 4.78 is 32.2. The van der Waals surface area contributed by atoms with Crippen LogP contribution in [0.15, 0.2) is 32.4 Å². The maximum atomic E-state index is 11.5. The van der Waals surface area contributed by atoms with Gasteiger partial charge in [0.15, 0.2) is 5.75 Å². The van der Waals surface area contributed by atoms with Gasteiger partial charge in [-0.15, -0.1) is 0 Å². The van der Waals surface area contributed by atoms with Crippen LogP contribution >= 0.6 is 0 Å². The Morgan fingerprint density at radius 3 is 2.43 bits per heavy atom. The van der Waals surface area contributed by atoms with Crippen LogP contribution in [-0.2, 0) is 16.5 Å². The lowest BCUT2D eigenvalue weighted by Gasteiger charge is -2.14. The first-order valence-electron chi connectivity index (χ1n) is 6.52. The van der Waals surface area contributed by atoms with Crippen molar-refractivity contribution in [3.05, 3.63) is 17.7 Å². The van der Waals surface area contributed by atoms with E-state index in [9.17, 15) is 18.1 Å². The molecule has 0 radical (unpaired) electrons. The maximum absolute atomic E-state index is 11.5. The Kier molecular flexibility index (Phi) is 4.30. The van der Waals surface area contributed by atoms with Gasteiger partial charge in [-0.2, -0.15) is 23.8 Å². The average molecular weight is 337 g/mol. The van der Waals surface area contributed by atoms with Gasteiger partial charge in [0.1, 0.15) is 16.3 Å². The lowest BCUT2D eigenvalue weighted by Crippen LogP contribution is -2.00. The highest BCUT2D eigenvalue weighted by molar-refractivity contribution is 7.86. The maximum Gasteiger partial charge on any atom is 0.296 e. The fourth-order valence-electron chi connectivity index (χ4n) is 2.39. The molecule has 0 aliphatic carbocycles. The number of anilines is 1. The number of phenolic OH excluding ortho intramolecular Hbond substituents is 1. The summed E-state index contributed by atoms with van der Waals surface area (Å²) in [5.74, 6) is -0.613. The van der Waals surface area contributed by atoms with E-state index in [-0.39, 0.29) is 16.5 Å². The Morgan fingerprint density at radius 2 is 1.96 bits per heavy atom. The van der Waals surface area contributed by atoms with Crippen molar-refractivity contribution in [1.82, 2.24) is 0 Å². The van der Waals surface area contributed by atoms with Gasteiger partial charge in [0.25, 0.3) is 10.1 Å². The lowest BCUT2D eigenvalue weighted by atomic mass is 9.99. The molecule has 5 N–H and O–H groups in total. The second kappa shape index (κ2) is 5.89. The van der Waals surface area contributed by atoms with E-state index in [2.05, 4.69) is 15.3 Å². The number of hydrogen-bond donors (Lipinski definition) is 4. The van der Waals surface area contributed by atoms with Crippen molar-refractivity contribution in [3.8, 4) is 5.75 Å². The number of nitrogens with zero attached hydrogens (tertiary/aromatic N) is 3. The summed E-state index contributed by atoms with van der Waals surface area (Å²) in [7, 11) is -3.20. The summed E-state index contributed by atoms with van der Waals surface area (Å²) in [6.45, 7) is 1.85. The number of fused-ring (bicyclic) bond motifs is 1. The number of benzene rings is 2. The molecule has 0 aliphatic heterocycles. The third-order valence-electron chi connectivity index (χ3n) is 3.40. The van der Waals surface area contributed by atoms with Gasteiger partial charge in [0.2, 0.25) is 0 Å². The molecule has 0 aromatic heterocycles. The van der Waals surface area contributed by atoms with Crippen LogP contribution in [0.3, 0.4) is 0 Å². The number of aromatic hydroxyl groups is 1. The van der Waals surface area contributed by atoms with Gasteiger partial charge in [-0.05, 0) is 29.5 Å². The van der Waals surface area contributed by atoms with Gasteiger partial charge in [-0.1, -0.05) is 6.92 Å². The van der Waals surface area contributed by atoms with Gasteiger partial charge in [0, 0.05) is 7.05 Å². The minimum atomic E-state index is -4.67. The highest BCUT2D eigenvalue weighted by atomic mass is 32.2. The van der Waals surface area contributed by atoms with Gasteiger partial charge in [0.05, 0.1) is 11.1 Å². The normalized spacial score (nSPS) is 12.1. The Morgan fingerprint density at radius 1 is 1.30 bits per heavy atom. The van der Waals surface area contributed by atoms with Crippen LogP contribution in [0.25, 0.3) is 10.8 Å². The van der Waals surface area contributed by atoms with Gasteiger partial charge < -0.3 is 10.8 Å². The second-order valence-electron chi connectivity index (χ2n) is 4.71. The van der Waals surface area contributed by atoms with Crippen LogP contribution in [0.5, 0.6) is 5.75 Å². The topological polar surface area (TPSA) is 162 Å². The Hall–Kier alpha value is -2.59. The smallest absolute Gasteiger partial charge is 0.296 e. The van der Waals surface area contributed by atoms with Crippen LogP contribution in [-0.4, -0.2) is 25.1 Å². The lowest BCUT2D eigenvalue weighted by molar-refractivity contribution is 0.472. The first-order chi connectivity index (χ1) is 10.8. The summed E-state index contributed by atoms with van der Waals surface area (Å²) in [6, 6.07) is 2.71. The number of nitrogens with one attached hydrogen (secondary N) is 1. The third-order valence-corrected chi connectivity index (χ3v) is 4.27. The largest absolute Gasteiger partial charge is 0.505 e. The number of aryl methyl sites for hydroxylation is 1. The molecule has 0 atom stereocenters. The predicted molar refractivity (Wildman–Crippen MR) is 84.5 cm³/mol. The first kappa shape index (κ1) is 16.8. The fourth-order valence-corrected chi connectivity index (χ4v) is 3.05. The molecule has 9 nitrogen and oxygen atoms in total. The van der Waals surface area contributed by atoms with Crippen molar-refractivity contribution < 1.29 is 18.1 Å². The van der Waals surface area contributed by atoms with Crippen LogP contribution < -0.4 is 5.73 Å². The van der Waals surface area contributed by atoms with Crippen LogP contribution in [0.1, 0.15) is 12.5 Å². The Labute approximate surface area is 132 Å². The predicted octanol–water partition coefficient (Wildman–Crippen LogP) is 3.31. The number of rotatable bonds is 4. The van der Waals surface area contributed by atoms with Gasteiger partial charge in [-0.3, -0.25) is 4.55 Å². The number of nitrogens with two attached hydrogens (primary N) is 1. The zero-order valence-corrected chi connectivity index (χ0v) is 13.2. The Bertz CT molecular complexity index is 938. The van der Waals surface area contributed by atoms with E-state index >= 15 is 0 Å². The summed E-state index contributed by atoms with van der Waals surface area (Å²) >= 11 is 0. The highest BCUT2D eigenvalue weighted by Crippen LogP contribution is 2.46. The zero-order valence-electron chi connectivity index (χ0n) is 12.4.